The highest BCUT2D eigenvalue weighted by atomic mass is 19.1. The average Bonchev–Trinajstić information content (AvgIpc) is 3.05. The molecule has 1 aromatic heterocycles. The van der Waals surface area contributed by atoms with Crippen LogP contribution < -0.4 is 5.73 Å². The van der Waals surface area contributed by atoms with Gasteiger partial charge in [-0.05, 0) is 56.4 Å². The Morgan fingerprint density at radius 3 is 2.76 bits per heavy atom. The number of hydrogen-bond acceptors (Lipinski definition) is 3. The first-order chi connectivity index (χ1) is 12.0. The van der Waals surface area contributed by atoms with Gasteiger partial charge in [0.05, 0.1) is 23.1 Å². The molecule has 25 heavy (non-hydrogen) atoms. The van der Waals surface area contributed by atoms with Crippen LogP contribution in [-0.2, 0) is 6.42 Å². The van der Waals surface area contributed by atoms with E-state index in [1.165, 1.54) is 12.1 Å². The van der Waals surface area contributed by atoms with Crippen molar-refractivity contribution in [3.8, 4) is 5.69 Å². The number of amides is 1. The molecule has 134 valence electrons. The minimum absolute atomic E-state index is 0.00978. The molecule has 1 aliphatic rings. The Labute approximate surface area is 147 Å². The van der Waals surface area contributed by atoms with Gasteiger partial charge in [0, 0.05) is 19.1 Å². The molecule has 2 atom stereocenters. The average molecular weight is 344 g/mol. The van der Waals surface area contributed by atoms with Gasteiger partial charge in [-0.2, -0.15) is 5.10 Å². The Kier molecular flexibility index (Phi) is 5.18. The zero-order valence-corrected chi connectivity index (χ0v) is 14.8. The summed E-state index contributed by atoms with van der Waals surface area (Å²) in [6.07, 6.45) is 4.34. The number of nitrogens with two attached hydrogens (primary N) is 1. The van der Waals surface area contributed by atoms with Gasteiger partial charge in [0.2, 0.25) is 0 Å². The maximum absolute atomic E-state index is 13.2. The number of rotatable bonds is 4. The second kappa shape index (κ2) is 7.35. The molecule has 2 heterocycles. The Bertz CT molecular complexity index is 738. The summed E-state index contributed by atoms with van der Waals surface area (Å²) in [7, 11) is 0. The zero-order valence-electron chi connectivity index (χ0n) is 14.8. The van der Waals surface area contributed by atoms with E-state index in [1.54, 1.807) is 23.0 Å². The van der Waals surface area contributed by atoms with Crippen LogP contribution in [0.5, 0.6) is 0 Å². The van der Waals surface area contributed by atoms with Gasteiger partial charge in [0.15, 0.2) is 0 Å². The summed E-state index contributed by atoms with van der Waals surface area (Å²) in [4.78, 5) is 14.9. The van der Waals surface area contributed by atoms with Gasteiger partial charge in [0.25, 0.3) is 5.91 Å². The number of likely N-dealkylation sites (tertiary alicyclic amines) is 1. The van der Waals surface area contributed by atoms with Crippen LogP contribution in [0.1, 0.15) is 42.7 Å². The molecule has 2 aromatic rings. The molecule has 0 bridgehead atoms. The first kappa shape index (κ1) is 17.6. The Morgan fingerprint density at radius 2 is 2.12 bits per heavy atom. The Balaban J connectivity index is 1.87. The number of piperidine rings is 1. The van der Waals surface area contributed by atoms with Crippen molar-refractivity contribution in [1.82, 2.24) is 14.7 Å². The van der Waals surface area contributed by atoms with Gasteiger partial charge in [-0.3, -0.25) is 4.79 Å². The molecule has 0 spiro atoms. The van der Waals surface area contributed by atoms with Crippen molar-refractivity contribution in [1.29, 1.82) is 0 Å². The largest absolute Gasteiger partial charge is 0.338 e. The third-order valence-corrected chi connectivity index (χ3v) is 4.99. The van der Waals surface area contributed by atoms with Crippen molar-refractivity contribution in [2.75, 3.05) is 13.1 Å². The topological polar surface area (TPSA) is 64.2 Å². The predicted octanol–water partition coefficient (Wildman–Crippen LogP) is 2.77. The van der Waals surface area contributed by atoms with Gasteiger partial charge < -0.3 is 10.6 Å². The summed E-state index contributed by atoms with van der Waals surface area (Å²) in [5.74, 6) is 0.0611. The molecule has 0 radical (unpaired) electrons. The lowest BCUT2D eigenvalue weighted by atomic mass is 9.92. The summed E-state index contributed by atoms with van der Waals surface area (Å²) in [6, 6.07) is 6.22. The van der Waals surface area contributed by atoms with Crippen molar-refractivity contribution < 1.29 is 9.18 Å². The summed E-state index contributed by atoms with van der Waals surface area (Å²) in [5, 5.41) is 4.38. The molecule has 6 heteroatoms. The van der Waals surface area contributed by atoms with E-state index < -0.39 is 0 Å². The molecule has 1 fully saturated rings. The Morgan fingerprint density at radius 1 is 1.40 bits per heavy atom. The number of halogens is 1. The molecular formula is C19H25FN4O. The van der Waals surface area contributed by atoms with Crippen LogP contribution in [-0.4, -0.2) is 39.7 Å². The predicted molar refractivity (Wildman–Crippen MR) is 95.2 cm³/mol. The standard InChI is InChI=1S/C19H25FN4O/c1-3-18-17(11-22-24(18)16-8-6-15(20)7-9-16)19(25)23-10-4-5-14(12-23)13(2)21/h6-9,11,13-14H,3-5,10,12,21H2,1-2H3. The third-order valence-electron chi connectivity index (χ3n) is 4.99. The quantitative estimate of drug-likeness (QED) is 0.927. The normalized spacial score (nSPS) is 19.0. The smallest absolute Gasteiger partial charge is 0.257 e. The lowest BCUT2D eigenvalue weighted by molar-refractivity contribution is 0.0660. The molecule has 2 N–H and O–H groups in total. The summed E-state index contributed by atoms with van der Waals surface area (Å²) >= 11 is 0. The first-order valence-corrected chi connectivity index (χ1v) is 8.89. The van der Waals surface area contributed by atoms with E-state index in [4.69, 9.17) is 5.73 Å². The highest BCUT2D eigenvalue weighted by molar-refractivity contribution is 5.95. The SMILES string of the molecule is CCc1c(C(=O)N2CCCC(C(C)N)C2)cnn1-c1ccc(F)cc1. The summed E-state index contributed by atoms with van der Waals surface area (Å²) in [6.45, 7) is 5.45. The molecule has 2 unspecified atom stereocenters. The van der Waals surface area contributed by atoms with E-state index in [0.717, 1.165) is 30.8 Å². The molecule has 0 aliphatic carbocycles. The number of aromatic nitrogens is 2. The van der Waals surface area contributed by atoms with E-state index in [2.05, 4.69) is 5.10 Å². The molecule has 1 aromatic carbocycles. The lowest BCUT2D eigenvalue weighted by Crippen LogP contribution is -2.45. The van der Waals surface area contributed by atoms with E-state index in [9.17, 15) is 9.18 Å². The molecule has 1 amide bonds. The molecule has 0 saturated carbocycles. The zero-order chi connectivity index (χ0) is 18.0. The van der Waals surface area contributed by atoms with Crippen LogP contribution in [0.25, 0.3) is 5.69 Å². The number of nitrogens with zero attached hydrogens (tertiary/aromatic N) is 3. The summed E-state index contributed by atoms with van der Waals surface area (Å²) in [5.41, 5.74) is 8.25. The van der Waals surface area contributed by atoms with Gasteiger partial charge >= 0.3 is 0 Å². The molecule has 5 nitrogen and oxygen atoms in total. The molecule has 3 rings (SSSR count). The van der Waals surface area contributed by atoms with Crippen LogP contribution in [0.15, 0.2) is 30.5 Å². The van der Waals surface area contributed by atoms with E-state index >= 15 is 0 Å². The van der Waals surface area contributed by atoms with Crippen molar-refractivity contribution in [3.63, 3.8) is 0 Å². The van der Waals surface area contributed by atoms with Gasteiger partial charge in [-0.25, -0.2) is 9.07 Å². The maximum Gasteiger partial charge on any atom is 0.257 e. The second-order valence-corrected chi connectivity index (χ2v) is 6.76. The number of carbonyl (C=O) groups is 1. The van der Waals surface area contributed by atoms with Crippen LogP contribution >= 0.6 is 0 Å². The number of benzene rings is 1. The molecule has 1 aliphatic heterocycles. The van der Waals surface area contributed by atoms with Crippen molar-refractivity contribution in [3.05, 3.63) is 47.5 Å². The van der Waals surface area contributed by atoms with Crippen LogP contribution in [0.4, 0.5) is 4.39 Å². The molecular weight excluding hydrogens is 319 g/mol. The highest BCUT2D eigenvalue weighted by Gasteiger charge is 2.28. The van der Waals surface area contributed by atoms with Crippen LogP contribution in [0.3, 0.4) is 0 Å². The first-order valence-electron chi connectivity index (χ1n) is 8.89. The third kappa shape index (κ3) is 3.58. The summed E-state index contributed by atoms with van der Waals surface area (Å²) < 4.78 is 14.9. The highest BCUT2D eigenvalue weighted by Crippen LogP contribution is 2.23. The monoisotopic (exact) mass is 344 g/mol. The molecule has 1 saturated heterocycles. The van der Waals surface area contributed by atoms with Gasteiger partial charge in [-0.1, -0.05) is 6.92 Å². The number of carbonyl (C=O) groups excluding carboxylic acids is 1. The van der Waals surface area contributed by atoms with Crippen molar-refractivity contribution in [2.24, 2.45) is 11.7 Å². The van der Waals surface area contributed by atoms with Crippen molar-refractivity contribution >= 4 is 5.91 Å². The lowest BCUT2D eigenvalue weighted by Gasteiger charge is -2.34. The van der Waals surface area contributed by atoms with Crippen molar-refractivity contribution in [2.45, 2.75) is 39.2 Å². The fourth-order valence-corrected chi connectivity index (χ4v) is 3.49. The second-order valence-electron chi connectivity index (χ2n) is 6.76. The minimum atomic E-state index is -0.291. The van der Waals surface area contributed by atoms with Gasteiger partial charge in [0.1, 0.15) is 5.82 Å². The van der Waals surface area contributed by atoms with E-state index in [1.807, 2.05) is 18.7 Å². The minimum Gasteiger partial charge on any atom is -0.338 e. The fraction of sp³-hybridized carbons (Fsp3) is 0.474. The number of hydrogen-bond donors (Lipinski definition) is 1. The Hall–Kier alpha value is -2.21. The fourth-order valence-electron chi connectivity index (χ4n) is 3.49. The van der Waals surface area contributed by atoms with E-state index in [0.29, 0.717) is 24.4 Å². The van der Waals surface area contributed by atoms with Gasteiger partial charge in [-0.15, -0.1) is 0 Å². The van der Waals surface area contributed by atoms with Crippen LogP contribution in [0, 0.1) is 11.7 Å². The van der Waals surface area contributed by atoms with E-state index in [-0.39, 0.29) is 17.8 Å². The maximum atomic E-state index is 13.2. The van der Waals surface area contributed by atoms with Crippen LogP contribution in [0.2, 0.25) is 0 Å².